The first kappa shape index (κ1) is 19.2. The number of Topliss-reactive ketones (excluding diaryl/α,β-unsaturated/α-hetero) is 2. The highest BCUT2D eigenvalue weighted by molar-refractivity contribution is 7.85. The minimum absolute atomic E-state index is 0.471. The molecule has 0 spiro atoms. The molecule has 0 aromatic heterocycles. The average molecular weight is 323 g/mol. The van der Waals surface area contributed by atoms with Gasteiger partial charge in [0.2, 0.25) is 0 Å². The van der Waals surface area contributed by atoms with Crippen molar-refractivity contribution >= 4 is 33.6 Å². The SMILES string of the molecule is CC(=O)CC(=O)OCC(CS(=O)(=O)[O-])OC(=O)CC(C)=O. The second-order valence-corrected chi connectivity index (χ2v) is 5.73. The van der Waals surface area contributed by atoms with E-state index in [-0.39, 0.29) is 0 Å². The normalized spacial score (nSPS) is 12.3. The van der Waals surface area contributed by atoms with Crippen molar-refractivity contribution in [3.63, 3.8) is 0 Å². The summed E-state index contributed by atoms with van der Waals surface area (Å²) < 4.78 is 41.1. The lowest BCUT2D eigenvalue weighted by Crippen LogP contribution is -2.32. The Balaban J connectivity index is 4.60. The first-order valence-electron chi connectivity index (χ1n) is 5.77. The standard InChI is InChI=1S/C11H16O9S/c1-7(12)3-10(14)19-5-9(6-21(16,17)18)20-11(15)4-8(2)13/h9H,3-6H2,1-2H3,(H,16,17,18)/p-1. The molecule has 0 saturated carbocycles. The maximum atomic E-state index is 11.2. The van der Waals surface area contributed by atoms with E-state index in [2.05, 4.69) is 9.47 Å². The van der Waals surface area contributed by atoms with E-state index >= 15 is 0 Å². The van der Waals surface area contributed by atoms with Crippen molar-refractivity contribution in [2.75, 3.05) is 12.4 Å². The Morgan fingerprint density at radius 3 is 1.90 bits per heavy atom. The van der Waals surface area contributed by atoms with Crippen LogP contribution in [0.1, 0.15) is 26.7 Å². The van der Waals surface area contributed by atoms with Gasteiger partial charge in [-0.2, -0.15) is 0 Å². The summed E-state index contributed by atoms with van der Waals surface area (Å²) in [5.74, 6) is -4.08. The number of carbonyl (C=O) groups is 4. The predicted molar refractivity (Wildman–Crippen MR) is 66.0 cm³/mol. The molecule has 0 aliphatic carbocycles. The van der Waals surface area contributed by atoms with Crippen molar-refractivity contribution in [3.8, 4) is 0 Å². The van der Waals surface area contributed by atoms with Gasteiger partial charge in [0.15, 0.2) is 0 Å². The smallest absolute Gasteiger partial charge is 0.313 e. The molecule has 0 aliphatic heterocycles. The minimum atomic E-state index is -4.74. The van der Waals surface area contributed by atoms with Crippen LogP contribution in [0.15, 0.2) is 0 Å². The molecular weight excluding hydrogens is 308 g/mol. The molecule has 0 heterocycles. The van der Waals surface area contributed by atoms with E-state index in [1.807, 2.05) is 0 Å². The number of rotatable bonds is 9. The third-order valence-electron chi connectivity index (χ3n) is 1.90. The molecule has 0 aromatic rings. The van der Waals surface area contributed by atoms with Crippen molar-refractivity contribution in [3.05, 3.63) is 0 Å². The van der Waals surface area contributed by atoms with Gasteiger partial charge < -0.3 is 14.0 Å². The number of hydrogen-bond acceptors (Lipinski definition) is 9. The van der Waals surface area contributed by atoms with Crippen LogP contribution in [0.3, 0.4) is 0 Å². The number of ether oxygens (including phenoxy) is 2. The zero-order valence-electron chi connectivity index (χ0n) is 11.5. The molecule has 21 heavy (non-hydrogen) atoms. The summed E-state index contributed by atoms with van der Waals surface area (Å²) in [6.07, 6.45) is -2.66. The summed E-state index contributed by atoms with van der Waals surface area (Å²) in [6, 6.07) is 0. The highest BCUT2D eigenvalue weighted by Crippen LogP contribution is 2.03. The van der Waals surface area contributed by atoms with Gasteiger partial charge in [-0.05, 0) is 13.8 Å². The Kier molecular flexibility index (Phi) is 7.74. The quantitative estimate of drug-likeness (QED) is 0.294. The lowest BCUT2D eigenvalue weighted by Gasteiger charge is -2.19. The fourth-order valence-corrected chi connectivity index (χ4v) is 1.83. The van der Waals surface area contributed by atoms with Gasteiger partial charge in [-0.15, -0.1) is 0 Å². The van der Waals surface area contributed by atoms with Crippen LogP contribution >= 0.6 is 0 Å². The van der Waals surface area contributed by atoms with Gasteiger partial charge in [0.1, 0.15) is 37.1 Å². The molecule has 0 rings (SSSR count). The Labute approximate surface area is 121 Å². The van der Waals surface area contributed by atoms with E-state index in [0.717, 1.165) is 13.8 Å². The molecule has 10 heteroatoms. The van der Waals surface area contributed by atoms with Crippen molar-refractivity contribution in [2.24, 2.45) is 0 Å². The third-order valence-corrected chi connectivity index (χ3v) is 2.68. The van der Waals surface area contributed by atoms with Crippen molar-refractivity contribution in [1.29, 1.82) is 0 Å². The molecule has 120 valence electrons. The molecule has 9 nitrogen and oxygen atoms in total. The zero-order chi connectivity index (χ0) is 16.6. The van der Waals surface area contributed by atoms with Gasteiger partial charge in [-0.1, -0.05) is 0 Å². The Morgan fingerprint density at radius 1 is 1.00 bits per heavy atom. The highest BCUT2D eigenvalue weighted by atomic mass is 32.2. The Morgan fingerprint density at radius 2 is 1.48 bits per heavy atom. The topological polar surface area (TPSA) is 144 Å². The molecule has 0 radical (unpaired) electrons. The summed E-state index contributed by atoms with van der Waals surface area (Å²) >= 11 is 0. The van der Waals surface area contributed by atoms with Crippen LogP contribution in [0.5, 0.6) is 0 Å². The number of hydrogen-bond donors (Lipinski definition) is 0. The molecule has 0 aromatic carbocycles. The zero-order valence-corrected chi connectivity index (χ0v) is 12.3. The molecule has 1 unspecified atom stereocenters. The number of carbonyl (C=O) groups excluding carboxylic acids is 4. The van der Waals surface area contributed by atoms with Crippen LogP contribution in [0.4, 0.5) is 0 Å². The van der Waals surface area contributed by atoms with Gasteiger partial charge in [-0.25, -0.2) is 8.42 Å². The van der Waals surface area contributed by atoms with Crippen LogP contribution in [0.25, 0.3) is 0 Å². The van der Waals surface area contributed by atoms with Crippen LogP contribution in [0, 0.1) is 0 Å². The fourth-order valence-electron chi connectivity index (χ4n) is 1.21. The fraction of sp³-hybridized carbons (Fsp3) is 0.636. The Hall–Kier alpha value is -1.81. The van der Waals surface area contributed by atoms with Crippen LogP contribution in [-0.4, -0.2) is 54.9 Å². The summed E-state index contributed by atoms with van der Waals surface area (Å²) in [6.45, 7) is 1.57. The lowest BCUT2D eigenvalue weighted by atomic mass is 10.3. The van der Waals surface area contributed by atoms with E-state index in [1.165, 1.54) is 0 Å². The largest absolute Gasteiger partial charge is 0.748 e. The van der Waals surface area contributed by atoms with E-state index in [1.54, 1.807) is 0 Å². The second-order valence-electron chi connectivity index (χ2n) is 4.28. The monoisotopic (exact) mass is 323 g/mol. The molecule has 0 N–H and O–H groups in total. The Bertz CT molecular complexity index is 520. The molecule has 0 aliphatic rings. The van der Waals surface area contributed by atoms with Crippen molar-refractivity contribution in [1.82, 2.24) is 0 Å². The molecular formula is C11H15O9S-. The molecule has 0 saturated heterocycles. The van der Waals surface area contributed by atoms with Gasteiger partial charge >= 0.3 is 11.9 Å². The summed E-state index contributed by atoms with van der Waals surface area (Å²) in [5, 5.41) is 0. The van der Waals surface area contributed by atoms with Gasteiger partial charge in [0.05, 0.1) is 15.9 Å². The third kappa shape index (κ3) is 11.7. The van der Waals surface area contributed by atoms with Crippen molar-refractivity contribution in [2.45, 2.75) is 32.8 Å². The first-order chi connectivity index (χ1) is 9.49. The summed E-state index contributed by atoms with van der Waals surface area (Å²) in [5.41, 5.74) is 0. The lowest BCUT2D eigenvalue weighted by molar-refractivity contribution is -0.159. The minimum Gasteiger partial charge on any atom is -0.748 e. The first-order valence-corrected chi connectivity index (χ1v) is 7.35. The maximum absolute atomic E-state index is 11.2. The molecule has 0 bridgehead atoms. The number of esters is 2. The highest BCUT2D eigenvalue weighted by Gasteiger charge is 2.21. The van der Waals surface area contributed by atoms with Gasteiger partial charge in [0, 0.05) is 0 Å². The maximum Gasteiger partial charge on any atom is 0.313 e. The van der Waals surface area contributed by atoms with Gasteiger partial charge in [0.25, 0.3) is 0 Å². The van der Waals surface area contributed by atoms with E-state index < -0.39 is 64.9 Å². The van der Waals surface area contributed by atoms with Crippen LogP contribution in [-0.2, 0) is 38.8 Å². The summed E-state index contributed by atoms with van der Waals surface area (Å²) in [7, 11) is -4.74. The second kappa shape index (κ2) is 8.47. The van der Waals surface area contributed by atoms with E-state index in [4.69, 9.17) is 0 Å². The van der Waals surface area contributed by atoms with E-state index in [0.29, 0.717) is 0 Å². The average Bonchev–Trinajstić information content (AvgIpc) is 2.21. The van der Waals surface area contributed by atoms with Crippen molar-refractivity contribution < 1.29 is 41.6 Å². The molecule has 1 atom stereocenters. The van der Waals surface area contributed by atoms with Crippen LogP contribution in [0.2, 0.25) is 0 Å². The van der Waals surface area contributed by atoms with Gasteiger partial charge in [-0.3, -0.25) is 19.2 Å². The van der Waals surface area contributed by atoms with Crippen LogP contribution < -0.4 is 0 Å². The molecule has 0 fully saturated rings. The molecule has 0 amide bonds. The van der Waals surface area contributed by atoms with E-state index in [9.17, 15) is 32.1 Å². The number of ketones is 2. The predicted octanol–water partition coefficient (Wildman–Crippen LogP) is -1.06. The summed E-state index contributed by atoms with van der Waals surface area (Å²) in [4.78, 5) is 43.7.